The average Bonchev–Trinajstić information content (AvgIpc) is 2.97. The Bertz CT molecular complexity index is 839. The SMILES string of the molecule is COc1ccc(CC(=O)Nc2ccccc2C(=O)N2CCCCCC2)cc1C. The van der Waals surface area contributed by atoms with Crippen molar-refractivity contribution in [1.29, 1.82) is 0 Å². The molecule has 5 heteroatoms. The molecule has 1 heterocycles. The molecule has 2 aromatic rings. The van der Waals surface area contributed by atoms with E-state index in [1.165, 1.54) is 12.8 Å². The van der Waals surface area contributed by atoms with Crippen molar-refractivity contribution in [3.8, 4) is 5.75 Å². The summed E-state index contributed by atoms with van der Waals surface area (Å²) in [7, 11) is 1.63. The fraction of sp³-hybridized carbons (Fsp3) is 0.391. The molecule has 0 saturated carbocycles. The Kier molecular flexibility index (Phi) is 6.69. The molecular weight excluding hydrogens is 352 g/mol. The third kappa shape index (κ3) is 4.91. The minimum atomic E-state index is -0.138. The van der Waals surface area contributed by atoms with Gasteiger partial charge in [-0.05, 0) is 49.1 Å². The maximum absolute atomic E-state index is 13.0. The number of nitrogens with zero attached hydrogens (tertiary/aromatic N) is 1. The number of carbonyl (C=O) groups excluding carboxylic acids is 2. The highest BCUT2D eigenvalue weighted by molar-refractivity contribution is 6.04. The number of ether oxygens (including phenoxy) is 1. The van der Waals surface area contributed by atoms with E-state index in [2.05, 4.69) is 5.32 Å². The van der Waals surface area contributed by atoms with Crippen LogP contribution in [0.3, 0.4) is 0 Å². The molecule has 5 nitrogen and oxygen atoms in total. The number of likely N-dealkylation sites (tertiary alicyclic amines) is 1. The monoisotopic (exact) mass is 380 g/mol. The number of nitrogens with one attached hydrogen (secondary N) is 1. The summed E-state index contributed by atoms with van der Waals surface area (Å²) >= 11 is 0. The molecule has 2 aromatic carbocycles. The fourth-order valence-electron chi connectivity index (χ4n) is 3.65. The van der Waals surface area contributed by atoms with E-state index >= 15 is 0 Å². The molecule has 1 aliphatic heterocycles. The zero-order chi connectivity index (χ0) is 19.9. The highest BCUT2D eigenvalue weighted by Crippen LogP contribution is 2.22. The highest BCUT2D eigenvalue weighted by Gasteiger charge is 2.20. The number of hydrogen-bond donors (Lipinski definition) is 1. The Labute approximate surface area is 166 Å². The van der Waals surface area contributed by atoms with Crippen LogP contribution in [0.4, 0.5) is 5.69 Å². The first kappa shape index (κ1) is 19.9. The van der Waals surface area contributed by atoms with E-state index < -0.39 is 0 Å². The van der Waals surface area contributed by atoms with Crippen LogP contribution in [0.5, 0.6) is 5.75 Å². The number of methoxy groups -OCH3 is 1. The third-order valence-corrected chi connectivity index (χ3v) is 5.15. The lowest BCUT2D eigenvalue weighted by molar-refractivity contribution is -0.115. The van der Waals surface area contributed by atoms with Crippen molar-refractivity contribution in [3.05, 3.63) is 59.2 Å². The molecule has 28 heavy (non-hydrogen) atoms. The lowest BCUT2D eigenvalue weighted by atomic mass is 10.1. The summed E-state index contributed by atoms with van der Waals surface area (Å²) < 4.78 is 5.27. The Hall–Kier alpha value is -2.82. The molecule has 0 bridgehead atoms. The van der Waals surface area contributed by atoms with Gasteiger partial charge in [-0.3, -0.25) is 9.59 Å². The van der Waals surface area contributed by atoms with Gasteiger partial charge in [0.2, 0.25) is 5.91 Å². The van der Waals surface area contributed by atoms with E-state index in [1.54, 1.807) is 19.2 Å². The van der Waals surface area contributed by atoms with Gasteiger partial charge in [0.05, 0.1) is 24.8 Å². The smallest absolute Gasteiger partial charge is 0.255 e. The normalized spacial score (nSPS) is 14.3. The van der Waals surface area contributed by atoms with Gasteiger partial charge >= 0.3 is 0 Å². The lowest BCUT2D eigenvalue weighted by Gasteiger charge is -2.22. The fourth-order valence-corrected chi connectivity index (χ4v) is 3.65. The van der Waals surface area contributed by atoms with Crippen molar-refractivity contribution >= 4 is 17.5 Å². The van der Waals surface area contributed by atoms with Crippen LogP contribution < -0.4 is 10.1 Å². The molecule has 1 aliphatic rings. The van der Waals surface area contributed by atoms with Crippen molar-refractivity contribution in [2.24, 2.45) is 0 Å². The third-order valence-electron chi connectivity index (χ3n) is 5.15. The minimum Gasteiger partial charge on any atom is -0.496 e. The van der Waals surface area contributed by atoms with Crippen LogP contribution in [0.1, 0.15) is 47.2 Å². The Morgan fingerprint density at radius 1 is 1.04 bits per heavy atom. The molecule has 0 atom stereocenters. The number of amides is 2. The Balaban J connectivity index is 1.71. The number of hydrogen-bond acceptors (Lipinski definition) is 3. The molecule has 148 valence electrons. The second-order valence-electron chi connectivity index (χ2n) is 7.28. The van der Waals surface area contributed by atoms with Crippen molar-refractivity contribution in [3.63, 3.8) is 0 Å². The molecule has 0 radical (unpaired) electrons. The van der Waals surface area contributed by atoms with Gasteiger partial charge in [0.1, 0.15) is 5.75 Å². The number of rotatable bonds is 5. The van der Waals surface area contributed by atoms with E-state index in [-0.39, 0.29) is 18.2 Å². The van der Waals surface area contributed by atoms with Crippen LogP contribution >= 0.6 is 0 Å². The predicted molar refractivity (Wildman–Crippen MR) is 111 cm³/mol. The van der Waals surface area contributed by atoms with Crippen LogP contribution in [0.2, 0.25) is 0 Å². The second kappa shape index (κ2) is 9.40. The molecule has 0 aliphatic carbocycles. The highest BCUT2D eigenvalue weighted by atomic mass is 16.5. The summed E-state index contributed by atoms with van der Waals surface area (Å²) in [5.74, 6) is 0.663. The molecule has 0 aromatic heterocycles. The van der Waals surface area contributed by atoms with Crippen molar-refractivity contribution in [2.45, 2.75) is 39.0 Å². The molecule has 0 unspecified atom stereocenters. The minimum absolute atomic E-state index is 0.00177. The van der Waals surface area contributed by atoms with Gasteiger partial charge in [-0.2, -0.15) is 0 Å². The molecule has 2 amide bonds. The summed E-state index contributed by atoms with van der Waals surface area (Å²) in [5, 5.41) is 2.93. The first-order chi connectivity index (χ1) is 13.6. The molecule has 1 N–H and O–H groups in total. The van der Waals surface area contributed by atoms with Crippen LogP contribution in [0.25, 0.3) is 0 Å². The van der Waals surface area contributed by atoms with Gasteiger partial charge in [0, 0.05) is 13.1 Å². The number of carbonyl (C=O) groups is 2. The van der Waals surface area contributed by atoms with Crippen LogP contribution in [0, 0.1) is 6.92 Å². The van der Waals surface area contributed by atoms with Crippen molar-refractivity contribution in [1.82, 2.24) is 4.90 Å². The van der Waals surface area contributed by atoms with Crippen molar-refractivity contribution < 1.29 is 14.3 Å². The molecule has 1 fully saturated rings. The summed E-state index contributed by atoms with van der Waals surface area (Å²) in [5.41, 5.74) is 3.03. The van der Waals surface area contributed by atoms with Gasteiger partial charge in [0.25, 0.3) is 5.91 Å². The molecule has 3 rings (SSSR count). The first-order valence-electron chi connectivity index (χ1n) is 9.90. The topological polar surface area (TPSA) is 58.6 Å². The van der Waals surface area contributed by atoms with Gasteiger partial charge < -0.3 is 15.0 Å². The zero-order valence-electron chi connectivity index (χ0n) is 16.7. The number of para-hydroxylation sites is 1. The maximum atomic E-state index is 13.0. The Morgan fingerprint density at radius 2 is 1.75 bits per heavy atom. The molecule has 1 saturated heterocycles. The molecule has 0 spiro atoms. The first-order valence-corrected chi connectivity index (χ1v) is 9.90. The number of benzene rings is 2. The van der Waals surface area contributed by atoms with Gasteiger partial charge in [0.15, 0.2) is 0 Å². The van der Waals surface area contributed by atoms with E-state index in [9.17, 15) is 9.59 Å². The van der Waals surface area contributed by atoms with Crippen molar-refractivity contribution in [2.75, 3.05) is 25.5 Å². The summed E-state index contributed by atoms with van der Waals surface area (Å²) in [6.45, 7) is 3.52. The van der Waals surface area contributed by atoms with Gasteiger partial charge in [-0.15, -0.1) is 0 Å². The zero-order valence-corrected chi connectivity index (χ0v) is 16.7. The van der Waals surface area contributed by atoms with Crippen LogP contribution in [-0.2, 0) is 11.2 Å². The summed E-state index contributed by atoms with van der Waals surface area (Å²) in [6.07, 6.45) is 4.66. The predicted octanol–water partition coefficient (Wildman–Crippen LogP) is 4.20. The average molecular weight is 380 g/mol. The van der Waals surface area contributed by atoms with E-state index in [4.69, 9.17) is 4.74 Å². The number of anilines is 1. The standard InChI is InChI=1S/C23H28N2O3/c1-17-15-18(11-12-21(17)28-2)16-22(26)24-20-10-6-5-9-19(20)23(27)25-13-7-3-4-8-14-25/h5-6,9-12,15H,3-4,7-8,13-14,16H2,1-2H3,(H,24,26). The number of aryl methyl sites for hydroxylation is 1. The van der Waals surface area contributed by atoms with E-state index in [0.29, 0.717) is 11.3 Å². The van der Waals surface area contributed by atoms with Crippen LogP contribution in [-0.4, -0.2) is 36.9 Å². The van der Waals surface area contributed by atoms with Crippen LogP contribution in [0.15, 0.2) is 42.5 Å². The molecular formula is C23H28N2O3. The lowest BCUT2D eigenvalue weighted by Crippen LogP contribution is -2.32. The van der Waals surface area contributed by atoms with E-state index in [1.807, 2.05) is 42.2 Å². The largest absolute Gasteiger partial charge is 0.496 e. The Morgan fingerprint density at radius 3 is 2.43 bits per heavy atom. The quantitative estimate of drug-likeness (QED) is 0.846. The van der Waals surface area contributed by atoms with Gasteiger partial charge in [-0.1, -0.05) is 37.1 Å². The van der Waals surface area contributed by atoms with Gasteiger partial charge in [-0.25, -0.2) is 0 Å². The van der Waals surface area contributed by atoms with E-state index in [0.717, 1.165) is 42.8 Å². The summed E-state index contributed by atoms with van der Waals surface area (Å²) in [6, 6.07) is 13.0. The summed E-state index contributed by atoms with van der Waals surface area (Å²) in [4.78, 5) is 27.5. The maximum Gasteiger partial charge on any atom is 0.255 e. The second-order valence-corrected chi connectivity index (χ2v) is 7.28.